The molecule has 3 rings (SSSR count). The van der Waals surface area contributed by atoms with Crippen molar-refractivity contribution in [3.63, 3.8) is 0 Å². The molecule has 0 radical (unpaired) electrons. The number of hydrogen-bond donors (Lipinski definition) is 2. The van der Waals surface area contributed by atoms with Crippen LogP contribution in [0.2, 0.25) is 0 Å². The monoisotopic (exact) mass is 412 g/mol. The summed E-state index contributed by atoms with van der Waals surface area (Å²) >= 11 is 0. The van der Waals surface area contributed by atoms with E-state index in [2.05, 4.69) is 34.5 Å². The molecule has 0 aromatic heterocycles. The van der Waals surface area contributed by atoms with Gasteiger partial charge in [0.15, 0.2) is 0 Å². The summed E-state index contributed by atoms with van der Waals surface area (Å²) in [5.74, 6) is 1.75. The Morgan fingerprint density at radius 2 is 1.47 bits per heavy atom. The van der Waals surface area contributed by atoms with Crippen LogP contribution in [0.5, 0.6) is 11.5 Å². The lowest BCUT2D eigenvalue weighted by atomic mass is 10.0. The number of aliphatic hydroxyl groups excluding tert-OH is 1. The van der Waals surface area contributed by atoms with Crippen molar-refractivity contribution >= 4 is 0 Å². The quantitative estimate of drug-likeness (QED) is 0.521. The van der Waals surface area contributed by atoms with Gasteiger partial charge in [-0.3, -0.25) is 5.32 Å². The number of rotatable bonds is 12. The zero-order valence-electron chi connectivity index (χ0n) is 18.3. The lowest BCUT2D eigenvalue weighted by molar-refractivity contribution is 0.102. The predicted octanol–water partition coefficient (Wildman–Crippen LogP) is 3.64. The summed E-state index contributed by atoms with van der Waals surface area (Å²) in [6.07, 6.45) is 5.60. The smallest absolute Gasteiger partial charge is 0.118 e. The summed E-state index contributed by atoms with van der Waals surface area (Å²) in [6, 6.07) is 16.7. The second-order valence-electron chi connectivity index (χ2n) is 8.18. The third-order valence-corrected chi connectivity index (χ3v) is 5.85. The molecule has 164 valence electrons. The van der Waals surface area contributed by atoms with Crippen molar-refractivity contribution in [2.75, 3.05) is 33.9 Å². The van der Waals surface area contributed by atoms with Gasteiger partial charge in [-0.15, -0.1) is 0 Å². The van der Waals surface area contributed by atoms with Crippen LogP contribution in [0.3, 0.4) is 0 Å². The molecule has 1 unspecified atom stereocenters. The molecule has 1 fully saturated rings. The van der Waals surface area contributed by atoms with Gasteiger partial charge in [-0.25, -0.2) is 0 Å². The Kier molecular flexibility index (Phi) is 9.00. The van der Waals surface area contributed by atoms with Gasteiger partial charge in [0, 0.05) is 12.6 Å². The fourth-order valence-electron chi connectivity index (χ4n) is 4.15. The van der Waals surface area contributed by atoms with Gasteiger partial charge in [-0.2, -0.15) is 0 Å². The fourth-order valence-corrected chi connectivity index (χ4v) is 4.15. The third-order valence-electron chi connectivity index (χ3n) is 5.85. The highest BCUT2D eigenvalue weighted by Crippen LogP contribution is 2.16. The summed E-state index contributed by atoms with van der Waals surface area (Å²) in [6.45, 7) is 3.30. The van der Waals surface area contributed by atoms with Gasteiger partial charge in [0.25, 0.3) is 0 Å². The highest BCUT2D eigenvalue weighted by Gasteiger charge is 2.20. The number of aliphatic hydroxyl groups is 1. The van der Waals surface area contributed by atoms with Crippen LogP contribution in [0.25, 0.3) is 0 Å². The first kappa shape index (κ1) is 22.6. The molecule has 5 nitrogen and oxygen atoms in total. The maximum atomic E-state index is 10.6. The van der Waals surface area contributed by atoms with Crippen LogP contribution < -0.4 is 14.8 Å². The molecule has 0 bridgehead atoms. The number of ether oxygens (including phenoxy) is 2. The number of methoxy groups -OCH3 is 2. The second-order valence-corrected chi connectivity index (χ2v) is 8.18. The van der Waals surface area contributed by atoms with Gasteiger partial charge in [0.1, 0.15) is 17.7 Å². The number of benzene rings is 2. The minimum atomic E-state index is -0.492. The highest BCUT2D eigenvalue weighted by atomic mass is 16.5. The van der Waals surface area contributed by atoms with E-state index in [0.717, 1.165) is 56.8 Å². The number of nitrogens with one attached hydrogen (secondary N) is 1. The number of hydrogen-bond acceptors (Lipinski definition) is 5. The van der Waals surface area contributed by atoms with Crippen LogP contribution in [0.4, 0.5) is 0 Å². The maximum absolute atomic E-state index is 10.6. The van der Waals surface area contributed by atoms with Gasteiger partial charge >= 0.3 is 0 Å². The lowest BCUT2D eigenvalue weighted by Crippen LogP contribution is -2.46. The lowest BCUT2D eigenvalue weighted by Gasteiger charge is -2.27. The van der Waals surface area contributed by atoms with Crippen molar-refractivity contribution in [1.82, 2.24) is 10.2 Å². The highest BCUT2D eigenvalue weighted by molar-refractivity contribution is 5.28. The van der Waals surface area contributed by atoms with Gasteiger partial charge < -0.3 is 19.5 Å². The van der Waals surface area contributed by atoms with Crippen LogP contribution in [-0.4, -0.2) is 56.1 Å². The topological polar surface area (TPSA) is 54.0 Å². The maximum Gasteiger partial charge on any atom is 0.118 e. The molecule has 1 aliphatic rings. The van der Waals surface area contributed by atoms with Gasteiger partial charge in [0.2, 0.25) is 0 Å². The van der Waals surface area contributed by atoms with Crippen molar-refractivity contribution in [3.05, 3.63) is 59.7 Å². The van der Waals surface area contributed by atoms with Gasteiger partial charge in [0.05, 0.1) is 14.2 Å². The molecule has 0 spiro atoms. The molecule has 5 heteroatoms. The number of aryl methyl sites for hydroxylation is 1. The second kappa shape index (κ2) is 11.9. The summed E-state index contributed by atoms with van der Waals surface area (Å²) in [4.78, 5) is 2.51. The molecule has 2 aromatic carbocycles. The Balaban J connectivity index is 1.49. The minimum Gasteiger partial charge on any atom is -0.497 e. The van der Waals surface area contributed by atoms with E-state index in [-0.39, 0.29) is 6.04 Å². The zero-order chi connectivity index (χ0) is 21.2. The average Bonchev–Trinajstić information content (AvgIpc) is 3.28. The molecule has 1 heterocycles. The van der Waals surface area contributed by atoms with Gasteiger partial charge in [-0.05, 0) is 87.0 Å². The Bertz CT molecular complexity index is 727. The normalized spacial score (nSPS) is 16.4. The van der Waals surface area contributed by atoms with E-state index in [0.29, 0.717) is 0 Å². The van der Waals surface area contributed by atoms with E-state index in [1.807, 2.05) is 24.3 Å². The van der Waals surface area contributed by atoms with E-state index < -0.39 is 6.23 Å². The molecule has 2 N–H and O–H groups in total. The molecule has 1 saturated heterocycles. The summed E-state index contributed by atoms with van der Waals surface area (Å²) < 4.78 is 10.5. The first-order valence-electron chi connectivity index (χ1n) is 11.1. The van der Waals surface area contributed by atoms with E-state index in [1.165, 1.54) is 24.0 Å². The Labute approximate surface area is 181 Å². The van der Waals surface area contributed by atoms with E-state index in [9.17, 15) is 5.11 Å². The molecular weight excluding hydrogens is 376 g/mol. The number of likely N-dealkylation sites (tertiary alicyclic amines) is 1. The Morgan fingerprint density at radius 1 is 0.900 bits per heavy atom. The molecule has 0 amide bonds. The van der Waals surface area contributed by atoms with Crippen molar-refractivity contribution in [2.24, 2.45) is 0 Å². The van der Waals surface area contributed by atoms with E-state index in [1.54, 1.807) is 14.2 Å². The van der Waals surface area contributed by atoms with Crippen molar-refractivity contribution in [2.45, 2.75) is 50.8 Å². The van der Waals surface area contributed by atoms with Crippen LogP contribution in [0.1, 0.15) is 36.8 Å². The average molecular weight is 413 g/mol. The molecular formula is C25H36N2O3. The predicted molar refractivity (Wildman–Crippen MR) is 121 cm³/mol. The van der Waals surface area contributed by atoms with Crippen molar-refractivity contribution in [1.29, 1.82) is 0 Å². The van der Waals surface area contributed by atoms with Crippen LogP contribution in [0, 0.1) is 0 Å². The first-order chi connectivity index (χ1) is 14.7. The number of nitrogens with zero attached hydrogens (tertiary/aromatic N) is 1. The van der Waals surface area contributed by atoms with Crippen molar-refractivity contribution < 1.29 is 14.6 Å². The fraction of sp³-hybridized carbons (Fsp3) is 0.520. The standard InChI is InChI=1S/C25H36N2O3/c1-29-23-12-8-20(9-13-23)6-5-7-25(28)26-22(19-27-16-3-4-17-27)18-21-10-14-24(30-2)15-11-21/h8-15,22,25-26,28H,3-7,16-19H2,1-2H3/t22-,25?/m0/s1. The van der Waals surface area contributed by atoms with Crippen molar-refractivity contribution in [3.8, 4) is 11.5 Å². The summed E-state index contributed by atoms with van der Waals surface area (Å²) in [7, 11) is 3.37. The zero-order valence-corrected chi connectivity index (χ0v) is 18.3. The van der Waals surface area contributed by atoms with E-state index >= 15 is 0 Å². The van der Waals surface area contributed by atoms with Crippen LogP contribution in [0.15, 0.2) is 48.5 Å². The van der Waals surface area contributed by atoms with Gasteiger partial charge in [-0.1, -0.05) is 24.3 Å². The van der Waals surface area contributed by atoms with Crippen LogP contribution in [-0.2, 0) is 12.8 Å². The van der Waals surface area contributed by atoms with E-state index in [4.69, 9.17) is 9.47 Å². The summed E-state index contributed by atoms with van der Waals surface area (Å²) in [5, 5.41) is 14.1. The molecule has 30 heavy (non-hydrogen) atoms. The SMILES string of the molecule is COc1ccc(CCCC(O)N[C@@H](Cc2ccc(OC)cc2)CN2CCCC2)cc1. The van der Waals surface area contributed by atoms with Crippen LogP contribution >= 0.6 is 0 Å². The largest absolute Gasteiger partial charge is 0.497 e. The summed E-state index contributed by atoms with van der Waals surface area (Å²) in [5.41, 5.74) is 2.53. The molecule has 2 aromatic rings. The molecule has 0 saturated carbocycles. The third kappa shape index (κ3) is 7.31. The Hall–Kier alpha value is -2.08. The molecule has 2 atom stereocenters. The Morgan fingerprint density at radius 3 is 2.03 bits per heavy atom. The minimum absolute atomic E-state index is 0.229. The molecule has 0 aliphatic carbocycles. The first-order valence-corrected chi connectivity index (χ1v) is 11.1. The molecule has 1 aliphatic heterocycles.